The molecule has 2 unspecified atom stereocenters. The molecule has 0 amide bonds. The zero-order chi connectivity index (χ0) is 6.69. The van der Waals surface area contributed by atoms with Crippen LogP contribution in [0.1, 0.15) is 26.2 Å². The Morgan fingerprint density at radius 1 is 1.67 bits per heavy atom. The number of hydrogen-bond acceptors (Lipinski definition) is 0. The summed E-state index contributed by atoms with van der Waals surface area (Å²) in [6.45, 7) is 2.27. The summed E-state index contributed by atoms with van der Waals surface area (Å²) in [4.78, 5) is 0.649. The Hall–Kier alpha value is 0.220. The molecule has 0 aromatic rings. The van der Waals surface area contributed by atoms with E-state index in [0.717, 1.165) is 5.92 Å². The average molecular weight is 189 g/mol. The molecular weight excluding hydrogens is 176 g/mol. The first kappa shape index (κ1) is 7.33. The van der Waals surface area contributed by atoms with Crippen LogP contribution >= 0.6 is 15.9 Å². The van der Waals surface area contributed by atoms with Gasteiger partial charge in [0, 0.05) is 4.83 Å². The van der Waals surface area contributed by atoms with Crippen LogP contribution in [0.4, 0.5) is 0 Å². The Labute approximate surface area is 65.5 Å². The van der Waals surface area contributed by atoms with Crippen molar-refractivity contribution in [1.82, 2.24) is 0 Å². The van der Waals surface area contributed by atoms with Crippen molar-refractivity contribution in [2.24, 2.45) is 5.92 Å². The van der Waals surface area contributed by atoms with Gasteiger partial charge in [0.25, 0.3) is 0 Å². The first-order valence-corrected chi connectivity index (χ1v) is 4.55. The highest BCUT2D eigenvalue weighted by molar-refractivity contribution is 9.09. The molecule has 0 saturated heterocycles. The van der Waals surface area contributed by atoms with E-state index in [2.05, 4.69) is 35.0 Å². The highest BCUT2D eigenvalue weighted by Crippen LogP contribution is 2.25. The average Bonchev–Trinajstić information content (AvgIpc) is 1.88. The fourth-order valence-corrected chi connectivity index (χ4v) is 1.99. The molecule has 0 aromatic carbocycles. The van der Waals surface area contributed by atoms with Gasteiger partial charge >= 0.3 is 0 Å². The largest absolute Gasteiger partial charge is 0.0872 e. The van der Waals surface area contributed by atoms with Gasteiger partial charge < -0.3 is 0 Å². The summed E-state index contributed by atoms with van der Waals surface area (Å²) in [6.07, 6.45) is 8.49. The molecule has 9 heavy (non-hydrogen) atoms. The van der Waals surface area contributed by atoms with Gasteiger partial charge in [-0.05, 0) is 18.8 Å². The minimum absolute atomic E-state index is 0.649. The van der Waals surface area contributed by atoms with Crippen LogP contribution in [0.15, 0.2) is 12.2 Å². The van der Waals surface area contributed by atoms with Crippen molar-refractivity contribution in [3.05, 3.63) is 12.2 Å². The van der Waals surface area contributed by atoms with Gasteiger partial charge in [-0.3, -0.25) is 0 Å². The number of alkyl halides is 1. The fourth-order valence-electron chi connectivity index (χ4n) is 1.25. The fraction of sp³-hybridized carbons (Fsp3) is 0.750. The van der Waals surface area contributed by atoms with E-state index in [9.17, 15) is 0 Å². The van der Waals surface area contributed by atoms with Crippen molar-refractivity contribution in [2.75, 3.05) is 0 Å². The van der Waals surface area contributed by atoms with Gasteiger partial charge in [-0.25, -0.2) is 0 Å². The predicted octanol–water partition coefficient (Wildman–Crippen LogP) is 3.13. The Kier molecular flexibility index (Phi) is 2.77. The second-order valence-corrected chi connectivity index (χ2v) is 3.87. The first-order valence-electron chi connectivity index (χ1n) is 3.63. The molecule has 0 fully saturated rings. The topological polar surface area (TPSA) is 0 Å². The predicted molar refractivity (Wildman–Crippen MR) is 44.9 cm³/mol. The van der Waals surface area contributed by atoms with Crippen molar-refractivity contribution in [2.45, 2.75) is 31.0 Å². The Balaban J connectivity index is 2.38. The van der Waals surface area contributed by atoms with Gasteiger partial charge in [0.2, 0.25) is 0 Å². The summed E-state index contributed by atoms with van der Waals surface area (Å²) in [5.74, 6) is 0.930. The maximum absolute atomic E-state index is 3.58. The third-order valence-corrected chi connectivity index (χ3v) is 2.63. The summed E-state index contributed by atoms with van der Waals surface area (Å²) >= 11 is 3.58. The molecule has 1 rings (SSSR count). The molecule has 0 saturated carbocycles. The molecule has 0 spiro atoms. The molecule has 0 nitrogen and oxygen atoms in total. The summed E-state index contributed by atoms with van der Waals surface area (Å²) < 4.78 is 0. The van der Waals surface area contributed by atoms with Crippen LogP contribution in [-0.2, 0) is 0 Å². The zero-order valence-corrected chi connectivity index (χ0v) is 7.39. The molecule has 1 aliphatic rings. The number of allylic oxidation sites excluding steroid dienone is 2. The maximum atomic E-state index is 3.58. The Morgan fingerprint density at radius 2 is 2.44 bits per heavy atom. The monoisotopic (exact) mass is 188 g/mol. The molecule has 0 heterocycles. The van der Waals surface area contributed by atoms with E-state index in [1.54, 1.807) is 0 Å². The number of halogens is 1. The van der Waals surface area contributed by atoms with Crippen molar-refractivity contribution in [3.8, 4) is 0 Å². The van der Waals surface area contributed by atoms with Crippen molar-refractivity contribution in [1.29, 1.82) is 0 Å². The van der Waals surface area contributed by atoms with E-state index >= 15 is 0 Å². The van der Waals surface area contributed by atoms with E-state index in [4.69, 9.17) is 0 Å². The normalized spacial score (nSPS) is 34.9. The van der Waals surface area contributed by atoms with E-state index in [1.165, 1.54) is 19.3 Å². The van der Waals surface area contributed by atoms with Crippen LogP contribution in [0, 0.1) is 5.92 Å². The van der Waals surface area contributed by atoms with Crippen LogP contribution in [-0.4, -0.2) is 4.83 Å². The van der Waals surface area contributed by atoms with Crippen LogP contribution in [0.25, 0.3) is 0 Å². The zero-order valence-electron chi connectivity index (χ0n) is 5.81. The lowest BCUT2D eigenvalue weighted by molar-refractivity contribution is 0.473. The Bertz CT molecular complexity index is 107. The molecular formula is C8H13Br. The highest BCUT2D eigenvalue weighted by atomic mass is 79.9. The summed E-state index contributed by atoms with van der Waals surface area (Å²) in [5, 5.41) is 0. The molecule has 2 atom stereocenters. The van der Waals surface area contributed by atoms with Crippen LogP contribution in [0.5, 0.6) is 0 Å². The van der Waals surface area contributed by atoms with Gasteiger partial charge in [-0.15, -0.1) is 0 Å². The van der Waals surface area contributed by atoms with E-state index in [1.807, 2.05) is 0 Å². The third-order valence-electron chi connectivity index (χ3n) is 1.95. The van der Waals surface area contributed by atoms with E-state index in [-0.39, 0.29) is 0 Å². The molecule has 0 aliphatic heterocycles. The molecule has 0 radical (unpaired) electrons. The number of hydrogen-bond donors (Lipinski definition) is 0. The molecule has 0 N–H and O–H groups in total. The van der Waals surface area contributed by atoms with Gasteiger partial charge in [0.05, 0.1) is 0 Å². The minimum atomic E-state index is 0.649. The standard InChI is InChI=1S/C8H13Br/c1-2-7-4-3-5-8(9)6-7/h3,5,7-8H,2,4,6H2,1H3. The first-order chi connectivity index (χ1) is 4.33. The smallest absolute Gasteiger partial charge is 0.0328 e. The molecule has 0 bridgehead atoms. The SMILES string of the molecule is CCC1CC=CC(Br)C1. The van der Waals surface area contributed by atoms with Crippen molar-refractivity contribution >= 4 is 15.9 Å². The Morgan fingerprint density at radius 3 is 2.89 bits per heavy atom. The van der Waals surface area contributed by atoms with Crippen LogP contribution < -0.4 is 0 Å². The minimum Gasteiger partial charge on any atom is -0.0872 e. The highest BCUT2D eigenvalue weighted by Gasteiger charge is 2.12. The number of rotatable bonds is 1. The van der Waals surface area contributed by atoms with Gasteiger partial charge in [-0.2, -0.15) is 0 Å². The lowest BCUT2D eigenvalue weighted by Gasteiger charge is -2.18. The molecule has 1 heteroatoms. The van der Waals surface area contributed by atoms with Crippen molar-refractivity contribution in [3.63, 3.8) is 0 Å². The van der Waals surface area contributed by atoms with E-state index in [0.29, 0.717) is 4.83 Å². The van der Waals surface area contributed by atoms with Crippen LogP contribution in [0.3, 0.4) is 0 Å². The molecule has 1 aliphatic carbocycles. The lowest BCUT2D eigenvalue weighted by Crippen LogP contribution is -2.08. The second-order valence-electron chi connectivity index (χ2n) is 2.69. The molecule has 52 valence electrons. The quantitative estimate of drug-likeness (QED) is 0.439. The second kappa shape index (κ2) is 3.40. The lowest BCUT2D eigenvalue weighted by atomic mass is 9.92. The van der Waals surface area contributed by atoms with Gasteiger partial charge in [0.15, 0.2) is 0 Å². The van der Waals surface area contributed by atoms with Gasteiger partial charge in [-0.1, -0.05) is 41.4 Å². The van der Waals surface area contributed by atoms with Crippen molar-refractivity contribution < 1.29 is 0 Å². The van der Waals surface area contributed by atoms with Crippen LogP contribution in [0.2, 0.25) is 0 Å². The summed E-state index contributed by atoms with van der Waals surface area (Å²) in [7, 11) is 0. The van der Waals surface area contributed by atoms with E-state index < -0.39 is 0 Å². The molecule has 0 aromatic heterocycles. The summed E-state index contributed by atoms with van der Waals surface area (Å²) in [6, 6.07) is 0. The summed E-state index contributed by atoms with van der Waals surface area (Å²) in [5.41, 5.74) is 0. The maximum Gasteiger partial charge on any atom is 0.0328 e. The third kappa shape index (κ3) is 2.13. The van der Waals surface area contributed by atoms with Gasteiger partial charge in [0.1, 0.15) is 0 Å².